The molecule has 0 amide bonds. The summed E-state index contributed by atoms with van der Waals surface area (Å²) < 4.78 is 1.78. The zero-order valence-electron chi connectivity index (χ0n) is 14.3. The molecule has 0 spiro atoms. The standard InChI is InChI=1S/C20H15ClN6/c21-18-3-1-2-17-19(16(8-22)10-25-20(17)18)24-9-14-4-6-15(7-5-14)11-27-13-23-12-26-27/h1-7,10,12-13H,9,11H2,(H,24,25). The van der Waals surface area contributed by atoms with E-state index in [1.807, 2.05) is 12.1 Å². The first kappa shape index (κ1) is 17.0. The van der Waals surface area contributed by atoms with Gasteiger partial charge in [0.15, 0.2) is 0 Å². The molecule has 2 heterocycles. The molecule has 2 aromatic carbocycles. The van der Waals surface area contributed by atoms with E-state index in [1.54, 1.807) is 23.3 Å². The van der Waals surface area contributed by atoms with Crippen LogP contribution < -0.4 is 5.32 Å². The smallest absolute Gasteiger partial charge is 0.137 e. The van der Waals surface area contributed by atoms with Crippen LogP contribution in [0.2, 0.25) is 5.02 Å². The third kappa shape index (κ3) is 3.59. The molecule has 0 aliphatic carbocycles. The molecule has 4 rings (SSSR count). The molecule has 0 aliphatic rings. The van der Waals surface area contributed by atoms with Crippen LogP contribution in [0.15, 0.2) is 61.3 Å². The molecule has 0 atom stereocenters. The Balaban J connectivity index is 1.55. The first-order valence-electron chi connectivity index (χ1n) is 8.36. The van der Waals surface area contributed by atoms with Crippen molar-refractivity contribution in [2.45, 2.75) is 13.1 Å². The van der Waals surface area contributed by atoms with Gasteiger partial charge >= 0.3 is 0 Å². The van der Waals surface area contributed by atoms with E-state index in [0.717, 1.165) is 22.2 Å². The van der Waals surface area contributed by atoms with Crippen molar-refractivity contribution in [3.05, 3.63) is 83.0 Å². The summed E-state index contributed by atoms with van der Waals surface area (Å²) in [5.41, 5.74) is 4.17. The van der Waals surface area contributed by atoms with E-state index in [-0.39, 0.29) is 0 Å². The maximum Gasteiger partial charge on any atom is 0.137 e. The predicted octanol–water partition coefficient (Wildman–Crippen LogP) is 4.01. The van der Waals surface area contributed by atoms with Gasteiger partial charge < -0.3 is 5.32 Å². The van der Waals surface area contributed by atoms with Crippen LogP contribution in [-0.2, 0) is 13.1 Å². The molecular formula is C20H15ClN6. The van der Waals surface area contributed by atoms with Crippen molar-refractivity contribution in [3.63, 3.8) is 0 Å². The van der Waals surface area contributed by atoms with Gasteiger partial charge in [0.25, 0.3) is 0 Å². The van der Waals surface area contributed by atoms with Crippen LogP contribution in [0.1, 0.15) is 16.7 Å². The van der Waals surface area contributed by atoms with Gasteiger partial charge in [-0.25, -0.2) is 9.67 Å². The summed E-state index contributed by atoms with van der Waals surface area (Å²) in [6, 6.07) is 16.0. The van der Waals surface area contributed by atoms with E-state index in [2.05, 4.69) is 50.7 Å². The number of fused-ring (bicyclic) bond motifs is 1. The first-order chi connectivity index (χ1) is 13.2. The molecule has 0 fully saturated rings. The van der Waals surface area contributed by atoms with Gasteiger partial charge in [0, 0.05) is 18.1 Å². The Morgan fingerprint density at radius 2 is 1.93 bits per heavy atom. The van der Waals surface area contributed by atoms with Gasteiger partial charge in [0.1, 0.15) is 18.7 Å². The third-order valence-corrected chi connectivity index (χ3v) is 4.58. The van der Waals surface area contributed by atoms with E-state index < -0.39 is 0 Å². The fraction of sp³-hybridized carbons (Fsp3) is 0.100. The van der Waals surface area contributed by atoms with Gasteiger partial charge in [-0.2, -0.15) is 10.4 Å². The summed E-state index contributed by atoms with van der Waals surface area (Å²) in [5.74, 6) is 0. The maximum atomic E-state index is 9.43. The zero-order chi connectivity index (χ0) is 18.6. The van der Waals surface area contributed by atoms with Gasteiger partial charge in [-0.05, 0) is 17.2 Å². The normalized spacial score (nSPS) is 10.7. The lowest BCUT2D eigenvalue weighted by Gasteiger charge is -2.12. The van der Waals surface area contributed by atoms with Gasteiger partial charge in [0.2, 0.25) is 0 Å². The van der Waals surface area contributed by atoms with Crippen molar-refractivity contribution in [1.29, 1.82) is 5.26 Å². The van der Waals surface area contributed by atoms with Crippen molar-refractivity contribution in [1.82, 2.24) is 19.7 Å². The first-order valence-corrected chi connectivity index (χ1v) is 8.74. The number of para-hydroxylation sites is 1. The monoisotopic (exact) mass is 374 g/mol. The second-order valence-corrected chi connectivity index (χ2v) is 6.46. The van der Waals surface area contributed by atoms with Crippen molar-refractivity contribution < 1.29 is 0 Å². The van der Waals surface area contributed by atoms with Crippen LogP contribution in [0.3, 0.4) is 0 Å². The minimum Gasteiger partial charge on any atom is -0.379 e. The van der Waals surface area contributed by atoms with Crippen LogP contribution in [0.5, 0.6) is 0 Å². The highest BCUT2D eigenvalue weighted by Gasteiger charge is 2.10. The Kier molecular flexibility index (Phi) is 4.69. The maximum absolute atomic E-state index is 9.43. The van der Waals surface area contributed by atoms with Crippen LogP contribution >= 0.6 is 11.6 Å². The molecule has 2 aromatic heterocycles. The van der Waals surface area contributed by atoms with Gasteiger partial charge in [-0.15, -0.1) is 0 Å². The Hall–Kier alpha value is -3.43. The van der Waals surface area contributed by atoms with Crippen LogP contribution in [0.4, 0.5) is 5.69 Å². The van der Waals surface area contributed by atoms with Crippen molar-refractivity contribution in [2.24, 2.45) is 0 Å². The second kappa shape index (κ2) is 7.44. The lowest BCUT2D eigenvalue weighted by Crippen LogP contribution is -2.04. The number of pyridine rings is 1. The second-order valence-electron chi connectivity index (χ2n) is 6.06. The fourth-order valence-electron chi connectivity index (χ4n) is 2.92. The van der Waals surface area contributed by atoms with Gasteiger partial charge in [-0.3, -0.25) is 4.98 Å². The molecule has 132 valence electrons. The lowest BCUT2D eigenvalue weighted by molar-refractivity contribution is 0.684. The van der Waals surface area contributed by atoms with E-state index in [0.29, 0.717) is 29.2 Å². The number of benzene rings is 2. The molecule has 4 aromatic rings. The molecule has 0 aliphatic heterocycles. The molecule has 1 N–H and O–H groups in total. The number of rotatable bonds is 5. The average molecular weight is 375 g/mol. The van der Waals surface area contributed by atoms with Crippen molar-refractivity contribution >= 4 is 28.2 Å². The Morgan fingerprint density at radius 3 is 2.67 bits per heavy atom. The minimum absolute atomic E-state index is 0.493. The Morgan fingerprint density at radius 1 is 1.11 bits per heavy atom. The number of nitrogens with zero attached hydrogens (tertiary/aromatic N) is 5. The SMILES string of the molecule is N#Cc1cnc2c(Cl)cccc2c1NCc1ccc(Cn2cncn2)cc1. The fourth-order valence-corrected chi connectivity index (χ4v) is 3.14. The number of hydrogen-bond donors (Lipinski definition) is 1. The van der Waals surface area contributed by atoms with E-state index >= 15 is 0 Å². The minimum atomic E-state index is 0.493. The lowest BCUT2D eigenvalue weighted by atomic mass is 10.1. The highest BCUT2D eigenvalue weighted by molar-refractivity contribution is 6.35. The molecular weight excluding hydrogens is 360 g/mol. The molecule has 0 radical (unpaired) electrons. The molecule has 27 heavy (non-hydrogen) atoms. The quantitative estimate of drug-likeness (QED) is 0.571. The molecule has 0 bridgehead atoms. The van der Waals surface area contributed by atoms with Crippen LogP contribution in [0, 0.1) is 11.3 Å². The number of nitriles is 1. The predicted molar refractivity (Wildman–Crippen MR) is 104 cm³/mol. The highest BCUT2D eigenvalue weighted by atomic mass is 35.5. The van der Waals surface area contributed by atoms with Crippen LogP contribution in [0.25, 0.3) is 10.9 Å². The summed E-state index contributed by atoms with van der Waals surface area (Å²) in [4.78, 5) is 8.25. The molecule has 6 nitrogen and oxygen atoms in total. The van der Waals surface area contributed by atoms with Crippen molar-refractivity contribution in [3.8, 4) is 6.07 Å². The molecule has 7 heteroatoms. The topological polar surface area (TPSA) is 79.4 Å². The number of aromatic nitrogens is 4. The summed E-state index contributed by atoms with van der Waals surface area (Å²) in [7, 11) is 0. The number of halogens is 1. The molecule has 0 saturated carbocycles. The molecule has 0 saturated heterocycles. The van der Waals surface area contributed by atoms with E-state index in [1.165, 1.54) is 6.33 Å². The molecule has 0 unspecified atom stereocenters. The van der Waals surface area contributed by atoms with Gasteiger partial charge in [-0.1, -0.05) is 48.0 Å². The van der Waals surface area contributed by atoms with E-state index in [9.17, 15) is 5.26 Å². The number of hydrogen-bond acceptors (Lipinski definition) is 5. The van der Waals surface area contributed by atoms with E-state index in [4.69, 9.17) is 11.6 Å². The summed E-state index contributed by atoms with van der Waals surface area (Å²) in [6.45, 7) is 1.27. The third-order valence-electron chi connectivity index (χ3n) is 4.27. The number of anilines is 1. The van der Waals surface area contributed by atoms with Gasteiger partial charge in [0.05, 0.1) is 28.3 Å². The zero-order valence-corrected chi connectivity index (χ0v) is 15.1. The van der Waals surface area contributed by atoms with Crippen molar-refractivity contribution in [2.75, 3.05) is 5.32 Å². The highest BCUT2D eigenvalue weighted by Crippen LogP contribution is 2.30. The summed E-state index contributed by atoms with van der Waals surface area (Å²) in [5, 5.41) is 18.3. The Bertz CT molecular complexity index is 1110. The Labute approximate surface area is 161 Å². The summed E-state index contributed by atoms with van der Waals surface area (Å²) in [6.07, 6.45) is 4.77. The average Bonchev–Trinajstić information content (AvgIpc) is 3.20. The number of nitrogens with one attached hydrogen (secondary N) is 1. The summed E-state index contributed by atoms with van der Waals surface area (Å²) >= 11 is 6.23. The van der Waals surface area contributed by atoms with Crippen LogP contribution in [-0.4, -0.2) is 19.7 Å². The largest absolute Gasteiger partial charge is 0.379 e.